The molecule has 1 saturated heterocycles. The van der Waals surface area contributed by atoms with Crippen molar-refractivity contribution in [3.05, 3.63) is 17.4 Å². The van der Waals surface area contributed by atoms with Crippen LogP contribution in [0.1, 0.15) is 37.2 Å². The van der Waals surface area contributed by atoms with E-state index in [-0.39, 0.29) is 0 Å². The zero-order valence-electron chi connectivity index (χ0n) is 9.89. The first kappa shape index (κ1) is 11.0. The van der Waals surface area contributed by atoms with Gasteiger partial charge in [0.25, 0.3) is 0 Å². The van der Waals surface area contributed by atoms with E-state index in [9.17, 15) is 0 Å². The molecule has 5 heteroatoms. The number of nitrogens with one attached hydrogen (secondary N) is 1. The van der Waals surface area contributed by atoms with Crippen LogP contribution in [0.15, 0.2) is 12.4 Å². The third-order valence-corrected chi connectivity index (χ3v) is 4.52. The van der Waals surface area contributed by atoms with E-state index in [2.05, 4.69) is 27.2 Å². The molecule has 1 aliphatic rings. The van der Waals surface area contributed by atoms with Gasteiger partial charge >= 0.3 is 0 Å². The molecule has 3 heterocycles. The summed E-state index contributed by atoms with van der Waals surface area (Å²) in [6, 6.07) is 0.398. The number of piperidine rings is 1. The average molecular weight is 248 g/mol. The summed E-state index contributed by atoms with van der Waals surface area (Å²) in [7, 11) is 0. The fourth-order valence-electron chi connectivity index (χ4n) is 2.40. The second-order valence-corrected chi connectivity index (χ2v) is 5.55. The van der Waals surface area contributed by atoms with Crippen molar-refractivity contribution < 1.29 is 0 Å². The first-order valence-corrected chi connectivity index (χ1v) is 6.99. The van der Waals surface area contributed by atoms with Crippen molar-refractivity contribution in [1.29, 1.82) is 0 Å². The van der Waals surface area contributed by atoms with Crippen LogP contribution in [-0.4, -0.2) is 21.5 Å². The fourth-order valence-corrected chi connectivity index (χ4v) is 3.35. The van der Waals surface area contributed by atoms with Crippen molar-refractivity contribution in [2.45, 2.75) is 32.2 Å². The summed E-state index contributed by atoms with van der Waals surface area (Å²) in [5.74, 6) is 0.828. The van der Waals surface area contributed by atoms with Crippen LogP contribution in [-0.2, 0) is 0 Å². The Morgan fingerprint density at radius 3 is 3.12 bits per heavy atom. The molecule has 90 valence electrons. The number of rotatable bonds is 2. The van der Waals surface area contributed by atoms with E-state index in [4.69, 9.17) is 0 Å². The molecule has 1 fully saturated rings. The molecule has 0 amide bonds. The van der Waals surface area contributed by atoms with Crippen LogP contribution in [0.3, 0.4) is 0 Å². The van der Waals surface area contributed by atoms with Gasteiger partial charge in [-0.05, 0) is 25.3 Å². The highest BCUT2D eigenvalue weighted by atomic mass is 32.1. The predicted octanol–water partition coefficient (Wildman–Crippen LogP) is 2.54. The van der Waals surface area contributed by atoms with Gasteiger partial charge < -0.3 is 5.32 Å². The number of thiazole rings is 1. The van der Waals surface area contributed by atoms with Crippen molar-refractivity contribution in [2.75, 3.05) is 6.54 Å². The largest absolute Gasteiger partial charge is 0.308 e. The summed E-state index contributed by atoms with van der Waals surface area (Å²) in [6.07, 6.45) is 7.17. The monoisotopic (exact) mass is 248 g/mol. The van der Waals surface area contributed by atoms with E-state index in [1.54, 1.807) is 23.7 Å². The Balaban J connectivity index is 1.87. The minimum Gasteiger partial charge on any atom is -0.308 e. The maximum Gasteiger partial charge on any atom is 0.189 e. The average Bonchev–Trinajstić information content (AvgIpc) is 2.82. The van der Waals surface area contributed by atoms with Gasteiger partial charge in [0, 0.05) is 12.4 Å². The molecule has 2 aromatic heterocycles. The minimum atomic E-state index is 0.398. The third kappa shape index (κ3) is 2.17. The first-order chi connectivity index (χ1) is 8.36. The van der Waals surface area contributed by atoms with Crippen molar-refractivity contribution in [3.63, 3.8) is 0 Å². The smallest absolute Gasteiger partial charge is 0.189 e. The Bertz CT molecular complexity index is 477. The number of fused-ring (bicyclic) bond motifs is 1. The maximum absolute atomic E-state index is 4.59. The summed E-state index contributed by atoms with van der Waals surface area (Å²) in [6.45, 7) is 3.37. The highest BCUT2D eigenvalue weighted by molar-refractivity contribution is 7.18. The standard InChI is InChI=1S/C12H16N4S/c1-2-8-3-4-13-9(7-8)11-16-10-12(17-11)15-6-5-14-10/h5-6,8-9,13H,2-4,7H2,1H3. The second kappa shape index (κ2) is 4.66. The van der Waals surface area contributed by atoms with Crippen LogP contribution in [0.5, 0.6) is 0 Å². The van der Waals surface area contributed by atoms with Crippen LogP contribution in [0.4, 0.5) is 0 Å². The molecule has 2 aromatic rings. The summed E-state index contributed by atoms with van der Waals surface area (Å²) < 4.78 is 0. The van der Waals surface area contributed by atoms with E-state index >= 15 is 0 Å². The Morgan fingerprint density at radius 1 is 1.41 bits per heavy atom. The van der Waals surface area contributed by atoms with Crippen molar-refractivity contribution in [1.82, 2.24) is 20.3 Å². The van der Waals surface area contributed by atoms with Gasteiger partial charge in [0.1, 0.15) is 5.01 Å². The van der Waals surface area contributed by atoms with Gasteiger partial charge in [-0.15, -0.1) is 0 Å². The van der Waals surface area contributed by atoms with Gasteiger partial charge in [0.2, 0.25) is 0 Å². The molecule has 0 bridgehead atoms. The summed E-state index contributed by atoms with van der Waals surface area (Å²) in [5, 5.41) is 4.70. The van der Waals surface area contributed by atoms with E-state index in [1.165, 1.54) is 19.3 Å². The minimum absolute atomic E-state index is 0.398. The molecule has 3 rings (SSSR count). The van der Waals surface area contributed by atoms with Crippen LogP contribution < -0.4 is 5.32 Å². The van der Waals surface area contributed by atoms with E-state index in [0.29, 0.717) is 6.04 Å². The van der Waals surface area contributed by atoms with Crippen molar-refractivity contribution in [2.24, 2.45) is 5.92 Å². The SMILES string of the molecule is CCC1CCNC(c2nc3nccnc3s2)C1. The molecule has 0 saturated carbocycles. The molecule has 2 unspecified atom stereocenters. The first-order valence-electron chi connectivity index (χ1n) is 6.17. The summed E-state index contributed by atoms with van der Waals surface area (Å²) in [4.78, 5) is 14.1. The highest BCUT2D eigenvalue weighted by Crippen LogP contribution is 2.32. The molecular weight excluding hydrogens is 232 g/mol. The van der Waals surface area contributed by atoms with Crippen molar-refractivity contribution in [3.8, 4) is 0 Å². The van der Waals surface area contributed by atoms with E-state index < -0.39 is 0 Å². The van der Waals surface area contributed by atoms with Gasteiger partial charge in [-0.1, -0.05) is 24.7 Å². The Morgan fingerprint density at radius 2 is 2.29 bits per heavy atom. The van der Waals surface area contributed by atoms with Gasteiger partial charge in [0.15, 0.2) is 10.5 Å². The zero-order chi connectivity index (χ0) is 11.7. The highest BCUT2D eigenvalue weighted by Gasteiger charge is 2.24. The predicted molar refractivity (Wildman–Crippen MR) is 69.0 cm³/mol. The van der Waals surface area contributed by atoms with Crippen LogP contribution in [0, 0.1) is 5.92 Å². The van der Waals surface area contributed by atoms with Crippen LogP contribution in [0.2, 0.25) is 0 Å². The molecule has 4 nitrogen and oxygen atoms in total. The molecule has 2 atom stereocenters. The lowest BCUT2D eigenvalue weighted by Crippen LogP contribution is -2.31. The summed E-state index contributed by atoms with van der Waals surface area (Å²) >= 11 is 1.67. The molecule has 1 N–H and O–H groups in total. The molecule has 0 spiro atoms. The van der Waals surface area contributed by atoms with Gasteiger partial charge in [0.05, 0.1) is 6.04 Å². The van der Waals surface area contributed by atoms with Crippen molar-refractivity contribution >= 4 is 21.8 Å². The molecule has 0 aliphatic carbocycles. The lowest BCUT2D eigenvalue weighted by Gasteiger charge is -2.28. The number of hydrogen-bond acceptors (Lipinski definition) is 5. The Labute approximate surface area is 105 Å². The Kier molecular flexibility index (Phi) is 3.03. The quantitative estimate of drug-likeness (QED) is 0.887. The van der Waals surface area contributed by atoms with E-state index in [0.717, 1.165) is 27.9 Å². The fraction of sp³-hybridized carbons (Fsp3) is 0.583. The summed E-state index contributed by atoms with van der Waals surface area (Å²) in [5.41, 5.74) is 0.785. The number of nitrogens with zero attached hydrogens (tertiary/aromatic N) is 3. The zero-order valence-corrected chi connectivity index (χ0v) is 10.7. The molecule has 0 aromatic carbocycles. The number of aromatic nitrogens is 3. The van der Waals surface area contributed by atoms with Gasteiger partial charge in [-0.25, -0.2) is 15.0 Å². The lowest BCUT2D eigenvalue weighted by molar-refractivity contribution is 0.299. The van der Waals surface area contributed by atoms with Gasteiger partial charge in [-0.3, -0.25) is 0 Å². The third-order valence-electron chi connectivity index (χ3n) is 3.45. The Hall–Kier alpha value is -1.07. The molecule has 17 heavy (non-hydrogen) atoms. The second-order valence-electron chi connectivity index (χ2n) is 4.54. The molecule has 1 aliphatic heterocycles. The molecular formula is C12H16N4S. The molecule has 0 radical (unpaired) electrons. The normalized spacial score (nSPS) is 25.2. The topological polar surface area (TPSA) is 50.7 Å². The number of hydrogen-bond donors (Lipinski definition) is 1. The lowest BCUT2D eigenvalue weighted by atomic mass is 9.91. The van der Waals surface area contributed by atoms with E-state index in [1.807, 2.05) is 0 Å². The van der Waals surface area contributed by atoms with Crippen LogP contribution in [0.25, 0.3) is 10.5 Å². The van der Waals surface area contributed by atoms with Crippen LogP contribution >= 0.6 is 11.3 Å². The van der Waals surface area contributed by atoms with Gasteiger partial charge in [-0.2, -0.15) is 0 Å². The maximum atomic E-state index is 4.59.